The Balaban J connectivity index is 3.47. The summed E-state index contributed by atoms with van der Waals surface area (Å²) in [6.07, 6.45) is 0. The highest BCUT2D eigenvalue weighted by Crippen LogP contribution is 2.35. The van der Waals surface area contributed by atoms with Crippen molar-refractivity contribution in [2.45, 2.75) is 0 Å². The van der Waals surface area contributed by atoms with Crippen molar-refractivity contribution in [2.24, 2.45) is 0 Å². The van der Waals surface area contributed by atoms with E-state index in [1.165, 1.54) is 0 Å². The second kappa shape index (κ2) is 3.24. The van der Waals surface area contributed by atoms with Crippen molar-refractivity contribution in [1.82, 2.24) is 0 Å². The van der Waals surface area contributed by atoms with Gasteiger partial charge in [-0.05, 0) is 0 Å². The summed E-state index contributed by atoms with van der Waals surface area (Å²) < 4.78 is 12.6. The third-order valence-electron chi connectivity index (χ3n) is 1.43. The Morgan fingerprint density at radius 3 is 1.79 bits per heavy atom. The van der Waals surface area contributed by atoms with E-state index < -0.39 is 32.8 Å². The zero-order valence-electron chi connectivity index (χ0n) is 6.51. The third-order valence-corrected chi connectivity index (χ3v) is 1.43. The maximum atomic E-state index is 12.6. The lowest BCUT2D eigenvalue weighted by Gasteiger charge is -1.97. The summed E-state index contributed by atoms with van der Waals surface area (Å²) >= 11 is 0. The minimum atomic E-state index is -1.15. The molecule has 0 fully saturated rings. The number of phenolic OH excluding ortho intramolecular Hbond substituents is 1. The van der Waals surface area contributed by atoms with Crippen LogP contribution in [0.5, 0.6) is 5.75 Å². The van der Waals surface area contributed by atoms with Gasteiger partial charge >= 0.3 is 11.4 Å². The molecule has 0 saturated carbocycles. The molecule has 0 unspecified atom stereocenters. The Hall–Kier alpha value is -2.25. The van der Waals surface area contributed by atoms with Crippen LogP contribution in [0.1, 0.15) is 0 Å². The minimum Gasteiger partial charge on any atom is -0.497 e. The average molecular weight is 202 g/mol. The molecular formula is C6H3FN2O5. The van der Waals surface area contributed by atoms with Gasteiger partial charge in [0.05, 0.1) is 22.0 Å². The average Bonchev–Trinajstić information content (AvgIpc) is 2.07. The quantitative estimate of drug-likeness (QED) is 0.575. The van der Waals surface area contributed by atoms with E-state index in [1.807, 2.05) is 0 Å². The summed E-state index contributed by atoms with van der Waals surface area (Å²) in [5, 5.41) is 29.4. The Labute approximate surface area is 75.7 Å². The van der Waals surface area contributed by atoms with Gasteiger partial charge in [-0.15, -0.1) is 0 Å². The van der Waals surface area contributed by atoms with Crippen LogP contribution in [0, 0.1) is 26.0 Å². The summed E-state index contributed by atoms with van der Waals surface area (Å²) in [5.41, 5.74) is -2.06. The van der Waals surface area contributed by atoms with E-state index in [4.69, 9.17) is 5.11 Å². The number of nitro groups is 2. The number of phenols is 1. The van der Waals surface area contributed by atoms with Crippen LogP contribution in [-0.4, -0.2) is 15.0 Å². The smallest absolute Gasteiger partial charge is 0.320 e. The Kier molecular flexibility index (Phi) is 2.28. The van der Waals surface area contributed by atoms with E-state index in [-0.39, 0.29) is 0 Å². The van der Waals surface area contributed by atoms with Gasteiger partial charge in [-0.2, -0.15) is 0 Å². The standard InChI is InChI=1S/C6H3FN2O5/c7-3-1-4(8(11)12)6(10)5(2-3)9(13)14/h1-2,10H. The van der Waals surface area contributed by atoms with Crippen molar-refractivity contribution in [3.05, 3.63) is 38.2 Å². The predicted octanol–water partition coefficient (Wildman–Crippen LogP) is 1.35. The number of halogens is 1. The summed E-state index contributed by atoms with van der Waals surface area (Å²) in [7, 11) is 0. The van der Waals surface area contributed by atoms with E-state index in [0.717, 1.165) is 0 Å². The maximum Gasteiger partial charge on any atom is 0.320 e. The highest BCUT2D eigenvalue weighted by atomic mass is 19.1. The van der Waals surface area contributed by atoms with Gasteiger partial charge in [-0.3, -0.25) is 20.2 Å². The zero-order valence-corrected chi connectivity index (χ0v) is 6.51. The van der Waals surface area contributed by atoms with Gasteiger partial charge in [-0.1, -0.05) is 0 Å². The van der Waals surface area contributed by atoms with Crippen LogP contribution in [0.4, 0.5) is 15.8 Å². The first-order valence-corrected chi connectivity index (χ1v) is 3.24. The van der Waals surface area contributed by atoms with E-state index in [9.17, 15) is 24.6 Å². The van der Waals surface area contributed by atoms with Crippen LogP contribution in [0.3, 0.4) is 0 Å². The van der Waals surface area contributed by atoms with Crippen molar-refractivity contribution in [2.75, 3.05) is 0 Å². The maximum absolute atomic E-state index is 12.6. The fourth-order valence-corrected chi connectivity index (χ4v) is 0.849. The van der Waals surface area contributed by atoms with Crippen LogP contribution < -0.4 is 0 Å². The second-order valence-corrected chi connectivity index (χ2v) is 2.31. The number of benzene rings is 1. The molecular weight excluding hydrogens is 199 g/mol. The van der Waals surface area contributed by atoms with Gasteiger partial charge in [0.25, 0.3) is 5.75 Å². The van der Waals surface area contributed by atoms with Gasteiger partial charge in [-0.25, -0.2) is 4.39 Å². The number of rotatable bonds is 2. The first-order valence-electron chi connectivity index (χ1n) is 3.24. The minimum absolute atomic E-state index is 0.405. The normalized spacial score (nSPS) is 9.79. The fraction of sp³-hybridized carbons (Fsp3) is 0. The largest absolute Gasteiger partial charge is 0.497 e. The SMILES string of the molecule is O=[N+]([O-])c1cc(F)cc([N+](=O)[O-])c1O. The molecule has 1 aromatic carbocycles. The highest BCUT2D eigenvalue weighted by molar-refractivity contribution is 5.58. The molecule has 7 nitrogen and oxygen atoms in total. The Morgan fingerprint density at radius 1 is 1.14 bits per heavy atom. The summed E-state index contributed by atoms with van der Waals surface area (Å²) in [5.74, 6) is -2.30. The monoisotopic (exact) mass is 202 g/mol. The molecule has 1 aromatic rings. The number of nitrogens with zero attached hydrogens (tertiary/aromatic N) is 2. The van der Waals surface area contributed by atoms with E-state index in [1.54, 1.807) is 0 Å². The summed E-state index contributed by atoms with van der Waals surface area (Å²) in [6.45, 7) is 0. The van der Waals surface area contributed by atoms with Gasteiger partial charge in [0.15, 0.2) is 0 Å². The molecule has 0 amide bonds. The lowest BCUT2D eigenvalue weighted by Crippen LogP contribution is -1.95. The Morgan fingerprint density at radius 2 is 1.50 bits per heavy atom. The molecule has 0 aromatic heterocycles. The lowest BCUT2D eigenvalue weighted by atomic mass is 10.2. The molecule has 0 heterocycles. The predicted molar refractivity (Wildman–Crippen MR) is 41.4 cm³/mol. The Bertz CT molecular complexity index is 384. The van der Waals surface area contributed by atoms with Crippen molar-refractivity contribution in [1.29, 1.82) is 0 Å². The topological polar surface area (TPSA) is 107 Å². The number of hydrogen-bond donors (Lipinski definition) is 1. The first kappa shape index (κ1) is 9.84. The molecule has 74 valence electrons. The molecule has 0 saturated heterocycles. The molecule has 0 bridgehead atoms. The molecule has 0 aliphatic rings. The van der Waals surface area contributed by atoms with Crippen LogP contribution in [0.2, 0.25) is 0 Å². The van der Waals surface area contributed by atoms with Crippen LogP contribution in [0.25, 0.3) is 0 Å². The molecule has 1 rings (SSSR count). The number of hydrogen-bond acceptors (Lipinski definition) is 5. The van der Waals surface area contributed by atoms with E-state index in [2.05, 4.69) is 0 Å². The molecule has 14 heavy (non-hydrogen) atoms. The van der Waals surface area contributed by atoms with Crippen molar-refractivity contribution >= 4 is 11.4 Å². The van der Waals surface area contributed by atoms with Crippen LogP contribution in [0.15, 0.2) is 12.1 Å². The van der Waals surface area contributed by atoms with Gasteiger partial charge in [0.1, 0.15) is 5.82 Å². The first-order chi connectivity index (χ1) is 6.43. The molecule has 0 atom stereocenters. The van der Waals surface area contributed by atoms with Crippen LogP contribution >= 0.6 is 0 Å². The van der Waals surface area contributed by atoms with Crippen LogP contribution in [-0.2, 0) is 0 Å². The van der Waals surface area contributed by atoms with Crippen molar-refractivity contribution in [3.8, 4) is 5.75 Å². The molecule has 0 aliphatic heterocycles. The van der Waals surface area contributed by atoms with E-state index in [0.29, 0.717) is 12.1 Å². The highest BCUT2D eigenvalue weighted by Gasteiger charge is 2.26. The number of aromatic hydroxyl groups is 1. The zero-order chi connectivity index (χ0) is 10.9. The summed E-state index contributed by atoms with van der Waals surface area (Å²) in [6, 6.07) is 0.810. The molecule has 1 N–H and O–H groups in total. The number of nitro benzene ring substituents is 2. The van der Waals surface area contributed by atoms with Gasteiger partial charge in [0, 0.05) is 0 Å². The molecule has 8 heteroatoms. The molecule has 0 radical (unpaired) electrons. The van der Waals surface area contributed by atoms with Gasteiger partial charge < -0.3 is 5.11 Å². The van der Waals surface area contributed by atoms with Crippen molar-refractivity contribution in [3.63, 3.8) is 0 Å². The van der Waals surface area contributed by atoms with E-state index >= 15 is 0 Å². The molecule has 0 spiro atoms. The fourth-order valence-electron chi connectivity index (χ4n) is 0.849. The lowest BCUT2D eigenvalue weighted by molar-refractivity contribution is -0.396. The summed E-state index contributed by atoms with van der Waals surface area (Å²) in [4.78, 5) is 18.2. The third kappa shape index (κ3) is 1.58. The van der Waals surface area contributed by atoms with Crippen molar-refractivity contribution < 1.29 is 19.3 Å². The van der Waals surface area contributed by atoms with Gasteiger partial charge in [0.2, 0.25) is 0 Å². The molecule has 0 aliphatic carbocycles. The second-order valence-electron chi connectivity index (χ2n) is 2.31.